The van der Waals surface area contributed by atoms with Crippen molar-refractivity contribution >= 4 is 5.69 Å². The molecule has 0 spiro atoms. The Balaban J connectivity index is 2.61. The van der Waals surface area contributed by atoms with E-state index >= 15 is 0 Å². The molecule has 5 heteroatoms. The zero-order chi connectivity index (χ0) is 14.1. The van der Waals surface area contributed by atoms with Gasteiger partial charge in [0.05, 0.1) is 6.61 Å². The maximum absolute atomic E-state index is 9.84. The molecule has 0 radical (unpaired) electrons. The van der Waals surface area contributed by atoms with Crippen LogP contribution in [0.5, 0.6) is 5.75 Å². The Morgan fingerprint density at radius 3 is 2.58 bits per heavy atom. The van der Waals surface area contributed by atoms with E-state index in [4.69, 9.17) is 15.2 Å². The first-order chi connectivity index (χ1) is 9.17. The molecule has 0 aliphatic rings. The van der Waals surface area contributed by atoms with Crippen molar-refractivity contribution in [1.82, 2.24) is 4.90 Å². The van der Waals surface area contributed by atoms with Crippen LogP contribution < -0.4 is 5.73 Å². The second kappa shape index (κ2) is 8.74. The summed E-state index contributed by atoms with van der Waals surface area (Å²) in [5, 5.41) is 9.84. The van der Waals surface area contributed by atoms with Crippen LogP contribution in [0, 0.1) is 0 Å². The molecular weight excluding hydrogens is 244 g/mol. The van der Waals surface area contributed by atoms with E-state index in [0.29, 0.717) is 18.8 Å². The summed E-state index contributed by atoms with van der Waals surface area (Å²) in [6.07, 6.45) is 0.948. The third-order valence-corrected chi connectivity index (χ3v) is 2.93. The molecule has 1 aromatic rings. The van der Waals surface area contributed by atoms with Crippen LogP contribution in [0.4, 0.5) is 5.69 Å². The van der Waals surface area contributed by atoms with Crippen molar-refractivity contribution in [2.24, 2.45) is 0 Å². The monoisotopic (exact) mass is 268 g/mol. The van der Waals surface area contributed by atoms with Gasteiger partial charge in [-0.25, -0.2) is 0 Å². The highest BCUT2D eigenvalue weighted by atomic mass is 16.5. The molecule has 19 heavy (non-hydrogen) atoms. The van der Waals surface area contributed by atoms with Gasteiger partial charge in [-0.1, -0.05) is 0 Å². The molecule has 0 atom stereocenters. The Kier molecular flexibility index (Phi) is 7.25. The molecule has 1 aromatic carbocycles. The number of nitrogens with zero attached hydrogens (tertiary/aromatic N) is 1. The van der Waals surface area contributed by atoms with Gasteiger partial charge in [-0.2, -0.15) is 0 Å². The van der Waals surface area contributed by atoms with Gasteiger partial charge in [0.2, 0.25) is 0 Å². The Morgan fingerprint density at radius 1 is 1.16 bits per heavy atom. The summed E-state index contributed by atoms with van der Waals surface area (Å²) in [7, 11) is 3.38. The number of aromatic hydroxyl groups is 1. The predicted octanol–water partition coefficient (Wildman–Crippen LogP) is 1.46. The Bertz CT molecular complexity index is 372. The molecule has 0 bridgehead atoms. The van der Waals surface area contributed by atoms with E-state index in [0.717, 1.165) is 31.7 Å². The smallest absolute Gasteiger partial charge is 0.120 e. The first-order valence-electron chi connectivity index (χ1n) is 6.45. The molecule has 0 unspecified atom stereocenters. The van der Waals surface area contributed by atoms with Crippen molar-refractivity contribution in [3.63, 3.8) is 0 Å². The fraction of sp³-hybridized carbons (Fsp3) is 0.571. The Morgan fingerprint density at radius 2 is 1.89 bits per heavy atom. The van der Waals surface area contributed by atoms with E-state index in [-0.39, 0.29) is 5.75 Å². The first kappa shape index (κ1) is 15.8. The lowest BCUT2D eigenvalue weighted by molar-refractivity contribution is 0.128. The normalized spacial score (nSPS) is 11.1. The number of hydrogen-bond acceptors (Lipinski definition) is 5. The number of benzene rings is 1. The van der Waals surface area contributed by atoms with Gasteiger partial charge < -0.3 is 20.3 Å². The van der Waals surface area contributed by atoms with Gasteiger partial charge >= 0.3 is 0 Å². The van der Waals surface area contributed by atoms with Gasteiger partial charge in [-0.3, -0.25) is 4.90 Å². The number of phenols is 1. The standard InChI is InChI=1S/C14H24N2O3/c1-18-8-3-6-16(7-9-19-2)11-12-10-13(15)4-5-14(12)17/h4-5,10,17H,3,6-9,11,15H2,1-2H3. The fourth-order valence-electron chi connectivity index (χ4n) is 1.90. The summed E-state index contributed by atoms with van der Waals surface area (Å²) in [5.74, 6) is 0.281. The molecule has 3 N–H and O–H groups in total. The average Bonchev–Trinajstić information content (AvgIpc) is 2.40. The number of anilines is 1. The third-order valence-electron chi connectivity index (χ3n) is 2.93. The minimum atomic E-state index is 0.281. The molecule has 0 fully saturated rings. The van der Waals surface area contributed by atoms with Gasteiger partial charge in [-0.05, 0) is 24.6 Å². The summed E-state index contributed by atoms with van der Waals surface area (Å²) >= 11 is 0. The van der Waals surface area contributed by atoms with Gasteiger partial charge in [0.25, 0.3) is 0 Å². The molecule has 0 aliphatic heterocycles. The zero-order valence-electron chi connectivity index (χ0n) is 11.8. The van der Waals surface area contributed by atoms with Crippen LogP contribution in [-0.4, -0.2) is 50.5 Å². The SMILES string of the molecule is COCCCN(CCOC)Cc1cc(N)ccc1O. The third kappa shape index (κ3) is 5.92. The predicted molar refractivity (Wildman–Crippen MR) is 76.2 cm³/mol. The molecule has 1 rings (SSSR count). The molecule has 0 amide bonds. The molecule has 0 saturated carbocycles. The van der Waals surface area contributed by atoms with Crippen LogP contribution >= 0.6 is 0 Å². The minimum Gasteiger partial charge on any atom is -0.508 e. The van der Waals surface area contributed by atoms with Crippen LogP contribution in [-0.2, 0) is 16.0 Å². The zero-order valence-corrected chi connectivity index (χ0v) is 11.8. The quantitative estimate of drug-likeness (QED) is 0.403. The molecule has 0 heterocycles. The fourth-order valence-corrected chi connectivity index (χ4v) is 1.90. The minimum absolute atomic E-state index is 0.281. The highest BCUT2D eigenvalue weighted by molar-refractivity contribution is 5.47. The molecule has 0 aromatic heterocycles. The number of methoxy groups -OCH3 is 2. The summed E-state index contributed by atoms with van der Waals surface area (Å²) in [4.78, 5) is 2.22. The van der Waals surface area contributed by atoms with Crippen molar-refractivity contribution in [2.45, 2.75) is 13.0 Å². The van der Waals surface area contributed by atoms with Crippen LogP contribution in [0.25, 0.3) is 0 Å². The number of phenolic OH excluding ortho intramolecular Hbond substituents is 1. The molecule has 0 saturated heterocycles. The first-order valence-corrected chi connectivity index (χ1v) is 6.45. The van der Waals surface area contributed by atoms with Gasteiger partial charge in [0.15, 0.2) is 0 Å². The highest BCUT2D eigenvalue weighted by Crippen LogP contribution is 2.21. The summed E-state index contributed by atoms with van der Waals surface area (Å²) in [6, 6.07) is 5.14. The summed E-state index contributed by atoms with van der Waals surface area (Å²) in [5.41, 5.74) is 7.26. The average molecular weight is 268 g/mol. The molecule has 5 nitrogen and oxygen atoms in total. The van der Waals surface area contributed by atoms with Crippen molar-refractivity contribution in [3.8, 4) is 5.75 Å². The van der Waals surface area contributed by atoms with Gasteiger partial charge in [0.1, 0.15) is 5.75 Å². The van der Waals surface area contributed by atoms with Crippen LogP contribution in [0.3, 0.4) is 0 Å². The molecule has 0 aliphatic carbocycles. The lowest BCUT2D eigenvalue weighted by atomic mass is 10.1. The van der Waals surface area contributed by atoms with Crippen molar-refractivity contribution < 1.29 is 14.6 Å². The van der Waals surface area contributed by atoms with Crippen LogP contribution in [0.2, 0.25) is 0 Å². The van der Waals surface area contributed by atoms with E-state index in [1.807, 2.05) is 6.07 Å². The van der Waals surface area contributed by atoms with Crippen molar-refractivity contribution in [1.29, 1.82) is 0 Å². The van der Waals surface area contributed by atoms with E-state index in [9.17, 15) is 5.11 Å². The summed E-state index contributed by atoms with van der Waals surface area (Å²) < 4.78 is 10.2. The maximum Gasteiger partial charge on any atom is 0.120 e. The van der Waals surface area contributed by atoms with E-state index < -0.39 is 0 Å². The number of rotatable bonds is 9. The maximum atomic E-state index is 9.84. The molecular formula is C14H24N2O3. The highest BCUT2D eigenvalue weighted by Gasteiger charge is 2.09. The largest absolute Gasteiger partial charge is 0.508 e. The van der Waals surface area contributed by atoms with Crippen molar-refractivity contribution in [2.75, 3.05) is 46.3 Å². The van der Waals surface area contributed by atoms with Crippen molar-refractivity contribution in [3.05, 3.63) is 23.8 Å². The molecule has 108 valence electrons. The number of nitrogen functional groups attached to an aromatic ring is 1. The van der Waals surface area contributed by atoms with E-state index in [1.165, 1.54) is 0 Å². The van der Waals surface area contributed by atoms with Gasteiger partial charge in [-0.15, -0.1) is 0 Å². The lowest BCUT2D eigenvalue weighted by Crippen LogP contribution is -2.28. The second-order valence-electron chi connectivity index (χ2n) is 4.50. The van der Waals surface area contributed by atoms with Crippen LogP contribution in [0.1, 0.15) is 12.0 Å². The van der Waals surface area contributed by atoms with Crippen LogP contribution in [0.15, 0.2) is 18.2 Å². The number of nitrogens with two attached hydrogens (primary N) is 1. The Hall–Kier alpha value is -1.30. The Labute approximate surface area is 114 Å². The topological polar surface area (TPSA) is 68.0 Å². The summed E-state index contributed by atoms with van der Waals surface area (Å²) in [6.45, 7) is 3.76. The lowest BCUT2D eigenvalue weighted by Gasteiger charge is -2.22. The van der Waals surface area contributed by atoms with E-state index in [2.05, 4.69) is 4.90 Å². The second-order valence-corrected chi connectivity index (χ2v) is 4.50. The number of ether oxygens (including phenoxy) is 2. The van der Waals surface area contributed by atoms with E-state index in [1.54, 1.807) is 26.4 Å². The number of hydrogen-bond donors (Lipinski definition) is 2. The van der Waals surface area contributed by atoms with Gasteiger partial charge in [0, 0.05) is 51.7 Å².